The molecular weight excluding hydrogens is 230 g/mol. The molecule has 0 aliphatic carbocycles. The number of Topliss-reactive ketones (excluding diaryl/α,β-unsaturated/α-hetero) is 1. The standard InChI is InChI=1S/C14H15NO3/c16-12-8-10-6-7-11(9-12)15(10)14(17)18-13-4-2-1-3-5-13/h1-5,10-11H,6-9H2. The summed E-state index contributed by atoms with van der Waals surface area (Å²) in [7, 11) is 0. The Bertz CT molecular complexity index is 455. The molecule has 18 heavy (non-hydrogen) atoms. The van der Waals surface area contributed by atoms with E-state index >= 15 is 0 Å². The van der Waals surface area contributed by atoms with Crippen molar-refractivity contribution in [2.24, 2.45) is 0 Å². The Morgan fingerprint density at radius 2 is 1.72 bits per heavy atom. The van der Waals surface area contributed by atoms with E-state index in [1.807, 2.05) is 18.2 Å². The molecule has 2 bridgehead atoms. The van der Waals surface area contributed by atoms with Crippen LogP contribution in [0.15, 0.2) is 30.3 Å². The zero-order chi connectivity index (χ0) is 12.5. The minimum absolute atomic E-state index is 0.0486. The highest BCUT2D eigenvalue weighted by Gasteiger charge is 2.43. The van der Waals surface area contributed by atoms with Gasteiger partial charge in [0.25, 0.3) is 0 Å². The third-order valence-corrected chi connectivity index (χ3v) is 3.71. The van der Waals surface area contributed by atoms with Crippen molar-refractivity contribution in [1.82, 2.24) is 4.90 Å². The topological polar surface area (TPSA) is 46.6 Å². The van der Waals surface area contributed by atoms with Crippen LogP contribution in [-0.4, -0.2) is 28.9 Å². The van der Waals surface area contributed by atoms with Crippen molar-refractivity contribution in [2.75, 3.05) is 0 Å². The maximum atomic E-state index is 12.1. The lowest BCUT2D eigenvalue weighted by Gasteiger charge is -2.32. The lowest BCUT2D eigenvalue weighted by molar-refractivity contribution is -0.122. The van der Waals surface area contributed by atoms with Crippen LogP contribution in [0.5, 0.6) is 5.75 Å². The summed E-state index contributed by atoms with van der Waals surface area (Å²) in [6, 6.07) is 9.15. The fourth-order valence-corrected chi connectivity index (χ4v) is 2.91. The average Bonchev–Trinajstić information content (AvgIpc) is 2.63. The van der Waals surface area contributed by atoms with Gasteiger partial charge in [0.05, 0.1) is 0 Å². The first-order chi connectivity index (χ1) is 8.74. The van der Waals surface area contributed by atoms with Crippen LogP contribution in [0, 0.1) is 0 Å². The number of hydrogen-bond donors (Lipinski definition) is 0. The number of piperidine rings is 1. The third kappa shape index (κ3) is 1.98. The fourth-order valence-electron chi connectivity index (χ4n) is 2.91. The summed E-state index contributed by atoms with van der Waals surface area (Å²) in [4.78, 5) is 25.4. The molecule has 3 rings (SSSR count). The predicted molar refractivity (Wildman–Crippen MR) is 65.4 cm³/mol. The van der Waals surface area contributed by atoms with Crippen LogP contribution >= 0.6 is 0 Å². The van der Waals surface area contributed by atoms with Crippen molar-refractivity contribution in [2.45, 2.75) is 37.8 Å². The summed E-state index contributed by atoms with van der Waals surface area (Å²) in [5, 5.41) is 0. The van der Waals surface area contributed by atoms with Gasteiger partial charge in [0.2, 0.25) is 0 Å². The highest BCUT2D eigenvalue weighted by Crippen LogP contribution is 2.34. The predicted octanol–water partition coefficient (Wildman–Crippen LogP) is 2.38. The van der Waals surface area contributed by atoms with E-state index in [1.54, 1.807) is 17.0 Å². The number of carbonyl (C=O) groups excluding carboxylic acids is 2. The number of amides is 1. The molecule has 0 aromatic heterocycles. The second kappa shape index (κ2) is 4.44. The fraction of sp³-hybridized carbons (Fsp3) is 0.429. The maximum Gasteiger partial charge on any atom is 0.415 e. The van der Waals surface area contributed by atoms with E-state index in [2.05, 4.69) is 0 Å². The Hall–Kier alpha value is -1.84. The van der Waals surface area contributed by atoms with E-state index in [4.69, 9.17) is 4.74 Å². The van der Waals surface area contributed by atoms with Crippen molar-refractivity contribution in [1.29, 1.82) is 0 Å². The first-order valence-electron chi connectivity index (χ1n) is 6.31. The quantitative estimate of drug-likeness (QED) is 0.763. The Labute approximate surface area is 106 Å². The van der Waals surface area contributed by atoms with Crippen LogP contribution in [0.4, 0.5) is 4.79 Å². The monoisotopic (exact) mass is 245 g/mol. The van der Waals surface area contributed by atoms with Gasteiger partial charge in [-0.05, 0) is 25.0 Å². The summed E-state index contributed by atoms with van der Waals surface area (Å²) >= 11 is 0. The van der Waals surface area contributed by atoms with Gasteiger partial charge in [-0.25, -0.2) is 4.79 Å². The highest BCUT2D eigenvalue weighted by atomic mass is 16.6. The molecular formula is C14H15NO3. The second-order valence-electron chi connectivity index (χ2n) is 4.92. The molecule has 4 nitrogen and oxygen atoms in total. The Morgan fingerprint density at radius 1 is 1.11 bits per heavy atom. The van der Waals surface area contributed by atoms with Gasteiger partial charge in [-0.2, -0.15) is 0 Å². The molecule has 2 heterocycles. The number of ketones is 1. The zero-order valence-corrected chi connectivity index (χ0v) is 10.0. The average molecular weight is 245 g/mol. The molecule has 1 amide bonds. The van der Waals surface area contributed by atoms with E-state index in [1.165, 1.54) is 0 Å². The summed E-state index contributed by atoms with van der Waals surface area (Å²) in [5.74, 6) is 0.824. The molecule has 2 unspecified atom stereocenters. The molecule has 2 fully saturated rings. The SMILES string of the molecule is O=C1CC2CCC(C1)N2C(=O)Oc1ccccc1. The van der Waals surface area contributed by atoms with Crippen molar-refractivity contribution < 1.29 is 14.3 Å². The molecule has 2 aliphatic rings. The highest BCUT2D eigenvalue weighted by molar-refractivity contribution is 5.84. The number of ether oxygens (including phenoxy) is 1. The van der Waals surface area contributed by atoms with Gasteiger partial charge in [0, 0.05) is 24.9 Å². The molecule has 0 radical (unpaired) electrons. The number of rotatable bonds is 1. The minimum Gasteiger partial charge on any atom is -0.410 e. The number of hydrogen-bond acceptors (Lipinski definition) is 3. The smallest absolute Gasteiger partial charge is 0.410 e. The molecule has 94 valence electrons. The van der Waals surface area contributed by atoms with Crippen molar-refractivity contribution >= 4 is 11.9 Å². The van der Waals surface area contributed by atoms with Gasteiger partial charge >= 0.3 is 6.09 Å². The summed E-state index contributed by atoms with van der Waals surface area (Å²) in [6.07, 6.45) is 2.49. The van der Waals surface area contributed by atoms with Crippen LogP contribution in [0.3, 0.4) is 0 Å². The van der Waals surface area contributed by atoms with E-state index < -0.39 is 0 Å². The van der Waals surface area contributed by atoms with Crippen LogP contribution in [0.2, 0.25) is 0 Å². The molecule has 2 atom stereocenters. The van der Waals surface area contributed by atoms with Crippen LogP contribution < -0.4 is 4.74 Å². The number of fused-ring (bicyclic) bond motifs is 2. The maximum absolute atomic E-state index is 12.1. The molecule has 1 aromatic carbocycles. The molecule has 4 heteroatoms. The van der Waals surface area contributed by atoms with E-state index in [-0.39, 0.29) is 24.0 Å². The number of para-hydroxylation sites is 1. The molecule has 0 N–H and O–H groups in total. The molecule has 2 aliphatic heterocycles. The van der Waals surface area contributed by atoms with Gasteiger partial charge in [-0.15, -0.1) is 0 Å². The van der Waals surface area contributed by atoms with Crippen molar-refractivity contribution in [3.05, 3.63) is 30.3 Å². The Balaban J connectivity index is 1.72. The van der Waals surface area contributed by atoms with Gasteiger partial charge in [-0.1, -0.05) is 18.2 Å². The molecule has 1 aromatic rings. The summed E-state index contributed by atoms with van der Waals surface area (Å²) in [5.41, 5.74) is 0. The normalized spacial score (nSPS) is 26.2. The van der Waals surface area contributed by atoms with E-state index in [0.717, 1.165) is 12.8 Å². The van der Waals surface area contributed by atoms with Crippen LogP contribution in [0.1, 0.15) is 25.7 Å². The van der Waals surface area contributed by atoms with Gasteiger partial charge in [0.15, 0.2) is 0 Å². The largest absolute Gasteiger partial charge is 0.415 e. The molecule has 2 saturated heterocycles. The zero-order valence-electron chi connectivity index (χ0n) is 10.0. The van der Waals surface area contributed by atoms with Crippen molar-refractivity contribution in [3.8, 4) is 5.75 Å². The van der Waals surface area contributed by atoms with Crippen molar-refractivity contribution in [3.63, 3.8) is 0 Å². The first kappa shape index (κ1) is 11.3. The second-order valence-corrected chi connectivity index (χ2v) is 4.92. The Kier molecular flexibility index (Phi) is 2.78. The van der Waals surface area contributed by atoms with E-state index in [9.17, 15) is 9.59 Å². The van der Waals surface area contributed by atoms with Gasteiger partial charge in [0.1, 0.15) is 11.5 Å². The minimum atomic E-state index is -0.318. The molecule has 0 spiro atoms. The number of nitrogens with zero attached hydrogens (tertiary/aromatic N) is 1. The lowest BCUT2D eigenvalue weighted by Crippen LogP contribution is -2.48. The molecule has 0 saturated carbocycles. The van der Waals surface area contributed by atoms with E-state index in [0.29, 0.717) is 18.6 Å². The van der Waals surface area contributed by atoms with Gasteiger partial charge in [-0.3, -0.25) is 4.79 Å². The Morgan fingerprint density at radius 3 is 2.33 bits per heavy atom. The number of benzene rings is 1. The van der Waals surface area contributed by atoms with Gasteiger partial charge < -0.3 is 9.64 Å². The third-order valence-electron chi connectivity index (χ3n) is 3.71. The number of carbonyl (C=O) groups is 2. The van der Waals surface area contributed by atoms with Crippen LogP contribution in [-0.2, 0) is 4.79 Å². The summed E-state index contributed by atoms with van der Waals surface area (Å²) < 4.78 is 5.35. The first-order valence-corrected chi connectivity index (χ1v) is 6.31. The summed E-state index contributed by atoms with van der Waals surface area (Å²) in [6.45, 7) is 0. The lowest BCUT2D eigenvalue weighted by atomic mass is 10.0. The van der Waals surface area contributed by atoms with Crippen LogP contribution in [0.25, 0.3) is 0 Å².